The molecule has 1 heterocycles. The first-order chi connectivity index (χ1) is 9.52. The highest BCUT2D eigenvalue weighted by molar-refractivity contribution is 7.14. The minimum absolute atomic E-state index is 0.0336. The highest BCUT2D eigenvalue weighted by Crippen LogP contribution is 2.24. The molecule has 0 spiro atoms. The van der Waals surface area contributed by atoms with Gasteiger partial charge in [0.05, 0.1) is 4.34 Å². The Morgan fingerprint density at radius 2 is 2.35 bits per heavy atom. The standard InChI is InChI=1S/C13H16ClNO4S/c1-2-6-19-13(18)15-10(3-4-11(16)17)8-9-5-7-20-12(9)14/h2,5,7,10H,1,3-4,6,8H2,(H,15,18)(H,16,17). The lowest BCUT2D eigenvalue weighted by Crippen LogP contribution is -2.37. The summed E-state index contributed by atoms with van der Waals surface area (Å²) < 4.78 is 5.48. The van der Waals surface area contributed by atoms with Gasteiger partial charge in [0.1, 0.15) is 6.61 Å². The van der Waals surface area contributed by atoms with E-state index in [9.17, 15) is 9.59 Å². The summed E-state index contributed by atoms with van der Waals surface area (Å²) in [6.45, 7) is 3.55. The van der Waals surface area contributed by atoms with Gasteiger partial charge in [-0.1, -0.05) is 24.3 Å². The van der Waals surface area contributed by atoms with E-state index < -0.39 is 12.1 Å². The number of rotatable bonds is 8. The van der Waals surface area contributed by atoms with E-state index in [1.165, 1.54) is 17.4 Å². The Morgan fingerprint density at radius 3 is 2.90 bits per heavy atom. The zero-order chi connectivity index (χ0) is 15.0. The fraction of sp³-hybridized carbons (Fsp3) is 0.385. The van der Waals surface area contributed by atoms with Gasteiger partial charge in [-0.25, -0.2) is 4.79 Å². The maximum Gasteiger partial charge on any atom is 0.407 e. The highest BCUT2D eigenvalue weighted by atomic mass is 35.5. The zero-order valence-corrected chi connectivity index (χ0v) is 12.4. The lowest BCUT2D eigenvalue weighted by Gasteiger charge is -2.17. The molecule has 1 amide bonds. The Labute approximate surface area is 126 Å². The number of halogens is 1. The van der Waals surface area contributed by atoms with Crippen LogP contribution in [0.4, 0.5) is 4.79 Å². The first kappa shape index (κ1) is 16.5. The molecule has 1 aromatic heterocycles. The highest BCUT2D eigenvalue weighted by Gasteiger charge is 2.17. The Hall–Kier alpha value is -1.53. The number of carboxylic acids is 1. The van der Waals surface area contributed by atoms with Crippen molar-refractivity contribution in [1.29, 1.82) is 0 Å². The topological polar surface area (TPSA) is 75.6 Å². The number of amides is 1. The predicted molar refractivity (Wildman–Crippen MR) is 78.4 cm³/mol. The molecule has 0 fully saturated rings. The van der Waals surface area contributed by atoms with E-state index in [0.717, 1.165) is 5.56 Å². The second-order valence-corrected chi connectivity index (χ2v) is 5.60. The normalized spacial score (nSPS) is 11.7. The molecule has 20 heavy (non-hydrogen) atoms. The summed E-state index contributed by atoms with van der Waals surface area (Å²) in [5, 5.41) is 13.2. The molecule has 0 bridgehead atoms. The van der Waals surface area contributed by atoms with Crippen molar-refractivity contribution in [2.45, 2.75) is 25.3 Å². The van der Waals surface area contributed by atoms with Gasteiger partial charge in [0.15, 0.2) is 0 Å². The van der Waals surface area contributed by atoms with Crippen molar-refractivity contribution in [3.63, 3.8) is 0 Å². The van der Waals surface area contributed by atoms with Crippen molar-refractivity contribution in [2.75, 3.05) is 6.61 Å². The number of thiophene rings is 1. The van der Waals surface area contributed by atoms with Crippen molar-refractivity contribution >= 4 is 35.0 Å². The second kappa shape index (κ2) is 8.60. The van der Waals surface area contributed by atoms with Crippen LogP contribution in [-0.4, -0.2) is 29.8 Å². The monoisotopic (exact) mass is 317 g/mol. The maximum absolute atomic E-state index is 11.5. The van der Waals surface area contributed by atoms with Gasteiger partial charge in [-0.15, -0.1) is 11.3 Å². The van der Waals surface area contributed by atoms with Crippen molar-refractivity contribution in [3.8, 4) is 0 Å². The third-order valence-corrected chi connectivity index (χ3v) is 3.77. The molecule has 0 saturated heterocycles. The van der Waals surface area contributed by atoms with E-state index in [2.05, 4.69) is 11.9 Å². The van der Waals surface area contributed by atoms with Crippen LogP contribution < -0.4 is 5.32 Å². The van der Waals surface area contributed by atoms with Crippen LogP contribution in [0.1, 0.15) is 18.4 Å². The van der Waals surface area contributed by atoms with E-state index in [4.69, 9.17) is 21.4 Å². The summed E-state index contributed by atoms with van der Waals surface area (Å²) >= 11 is 7.41. The molecule has 0 aliphatic rings. The molecule has 5 nitrogen and oxygen atoms in total. The Balaban J connectivity index is 2.59. The van der Waals surface area contributed by atoms with Gasteiger partial charge >= 0.3 is 12.1 Å². The van der Waals surface area contributed by atoms with Gasteiger partial charge in [0.25, 0.3) is 0 Å². The second-order valence-electron chi connectivity index (χ2n) is 4.08. The SMILES string of the molecule is C=CCOC(=O)NC(CCC(=O)O)Cc1ccsc1Cl. The Bertz CT molecular complexity index is 475. The number of nitrogens with one attached hydrogen (secondary N) is 1. The average molecular weight is 318 g/mol. The minimum atomic E-state index is -0.910. The van der Waals surface area contributed by atoms with E-state index in [1.807, 2.05) is 11.4 Å². The smallest absolute Gasteiger partial charge is 0.407 e. The molecule has 1 unspecified atom stereocenters. The predicted octanol–water partition coefficient (Wildman–Crippen LogP) is 3.09. The summed E-state index contributed by atoms with van der Waals surface area (Å²) in [4.78, 5) is 22.2. The molecule has 110 valence electrons. The van der Waals surface area contributed by atoms with Crippen LogP contribution in [0, 0.1) is 0 Å². The molecule has 0 saturated carbocycles. The lowest BCUT2D eigenvalue weighted by atomic mass is 10.0. The van der Waals surface area contributed by atoms with Crippen LogP contribution in [0.3, 0.4) is 0 Å². The quantitative estimate of drug-likeness (QED) is 0.722. The third-order valence-electron chi connectivity index (χ3n) is 2.52. The summed E-state index contributed by atoms with van der Waals surface area (Å²) in [7, 11) is 0. The summed E-state index contributed by atoms with van der Waals surface area (Å²) in [6, 6.07) is 1.52. The lowest BCUT2D eigenvalue weighted by molar-refractivity contribution is -0.137. The van der Waals surface area contributed by atoms with Crippen LogP contribution in [0.2, 0.25) is 4.34 Å². The van der Waals surface area contributed by atoms with E-state index in [0.29, 0.717) is 17.2 Å². The molecule has 7 heteroatoms. The van der Waals surface area contributed by atoms with Gasteiger partial charge in [0, 0.05) is 12.5 Å². The molecule has 0 aromatic carbocycles. The number of ether oxygens (including phenoxy) is 1. The molecule has 1 rings (SSSR count). The molecular formula is C13H16ClNO4S. The van der Waals surface area contributed by atoms with E-state index in [1.54, 1.807) is 0 Å². The molecule has 0 aliphatic heterocycles. The number of carbonyl (C=O) groups excluding carboxylic acids is 1. The first-order valence-electron chi connectivity index (χ1n) is 6.00. The van der Waals surface area contributed by atoms with Crippen LogP contribution in [0.25, 0.3) is 0 Å². The Morgan fingerprint density at radius 1 is 1.60 bits per heavy atom. The summed E-state index contributed by atoms with van der Waals surface area (Å²) in [6.07, 6.45) is 1.62. The van der Waals surface area contributed by atoms with Crippen molar-refractivity contribution < 1.29 is 19.4 Å². The third kappa shape index (κ3) is 6.08. The molecule has 0 aliphatic carbocycles. The summed E-state index contributed by atoms with van der Waals surface area (Å²) in [5.74, 6) is -0.910. The van der Waals surface area contributed by atoms with Crippen LogP contribution in [0.5, 0.6) is 0 Å². The van der Waals surface area contributed by atoms with Gasteiger partial charge < -0.3 is 15.2 Å². The van der Waals surface area contributed by atoms with E-state index in [-0.39, 0.29) is 19.1 Å². The van der Waals surface area contributed by atoms with E-state index >= 15 is 0 Å². The van der Waals surface area contributed by atoms with Crippen LogP contribution in [-0.2, 0) is 16.0 Å². The summed E-state index contributed by atoms with van der Waals surface area (Å²) in [5.41, 5.74) is 0.885. The average Bonchev–Trinajstić information content (AvgIpc) is 2.79. The first-order valence-corrected chi connectivity index (χ1v) is 7.26. The van der Waals surface area contributed by atoms with Gasteiger partial charge in [-0.3, -0.25) is 4.79 Å². The maximum atomic E-state index is 11.5. The zero-order valence-electron chi connectivity index (χ0n) is 10.8. The molecular weight excluding hydrogens is 302 g/mol. The van der Waals surface area contributed by atoms with Crippen LogP contribution in [0.15, 0.2) is 24.1 Å². The van der Waals surface area contributed by atoms with Gasteiger partial charge in [-0.05, 0) is 29.9 Å². The fourth-order valence-electron chi connectivity index (χ4n) is 1.60. The number of carbonyl (C=O) groups is 2. The minimum Gasteiger partial charge on any atom is -0.481 e. The molecule has 2 N–H and O–H groups in total. The fourth-order valence-corrected chi connectivity index (χ4v) is 2.55. The Kier molecular flexibility index (Phi) is 7.11. The number of alkyl carbamates (subject to hydrolysis) is 1. The molecule has 1 aromatic rings. The molecule has 1 atom stereocenters. The van der Waals surface area contributed by atoms with Crippen molar-refractivity contribution in [3.05, 3.63) is 34.0 Å². The number of hydrogen-bond donors (Lipinski definition) is 2. The number of hydrogen-bond acceptors (Lipinski definition) is 4. The van der Waals surface area contributed by atoms with Gasteiger partial charge in [-0.2, -0.15) is 0 Å². The van der Waals surface area contributed by atoms with Crippen LogP contribution >= 0.6 is 22.9 Å². The van der Waals surface area contributed by atoms with Crippen molar-refractivity contribution in [1.82, 2.24) is 5.32 Å². The van der Waals surface area contributed by atoms with Gasteiger partial charge in [0.2, 0.25) is 0 Å². The van der Waals surface area contributed by atoms with Crippen molar-refractivity contribution in [2.24, 2.45) is 0 Å². The molecule has 0 radical (unpaired) electrons. The number of carboxylic acid groups (broad SMARTS) is 1. The number of aliphatic carboxylic acids is 1. The largest absolute Gasteiger partial charge is 0.481 e.